The highest BCUT2D eigenvalue weighted by atomic mass is 16.7. The second-order valence-corrected chi connectivity index (χ2v) is 7.99. The molecule has 0 saturated heterocycles. The van der Waals surface area contributed by atoms with Gasteiger partial charge in [0.05, 0.1) is 13.0 Å². The molecular weight excluding hydrogens is 420 g/mol. The van der Waals surface area contributed by atoms with Gasteiger partial charge in [0.15, 0.2) is 6.61 Å². The van der Waals surface area contributed by atoms with E-state index in [1.54, 1.807) is 20.8 Å². The Bertz CT molecular complexity index is 1110. The molecule has 0 fully saturated rings. The van der Waals surface area contributed by atoms with E-state index >= 15 is 0 Å². The van der Waals surface area contributed by atoms with Crippen LogP contribution in [0.5, 0.6) is 23.0 Å². The maximum absolute atomic E-state index is 12.8. The first kappa shape index (κ1) is 23.2. The van der Waals surface area contributed by atoms with Gasteiger partial charge in [0.2, 0.25) is 0 Å². The van der Waals surface area contributed by atoms with Gasteiger partial charge in [0.1, 0.15) is 34.1 Å². The van der Waals surface area contributed by atoms with Crippen molar-refractivity contribution in [1.82, 2.24) is 0 Å². The van der Waals surface area contributed by atoms with E-state index < -0.39 is 36.0 Å². The number of ether oxygens (including phenoxy) is 3. The second kappa shape index (κ2) is 7.90. The van der Waals surface area contributed by atoms with Crippen LogP contribution in [0.2, 0.25) is 0 Å². The van der Waals surface area contributed by atoms with Crippen LogP contribution in [-0.4, -0.2) is 51.9 Å². The summed E-state index contributed by atoms with van der Waals surface area (Å²) in [5.41, 5.74) is 1.41. The zero-order chi connectivity index (χ0) is 24.1. The Morgan fingerprint density at radius 3 is 2.28 bits per heavy atom. The van der Waals surface area contributed by atoms with Crippen molar-refractivity contribution in [3.05, 3.63) is 45.0 Å². The standard InChI is InChI=1S/C23H26O9/c1-9-10(2)19(25)12(4)20(26)17(9)21(27)31-8-23(29)13(5)16-11(3)15(30-6)7-14(24)18(16)22(28)32-23/h7,13,24-26,29H,8H2,1-6H3. The molecule has 0 saturated carbocycles. The molecular formula is C23H26O9. The molecule has 4 N–H and O–H groups in total. The predicted octanol–water partition coefficient (Wildman–Crippen LogP) is 2.87. The Morgan fingerprint density at radius 2 is 1.69 bits per heavy atom. The zero-order valence-electron chi connectivity index (χ0n) is 18.7. The number of aliphatic hydroxyl groups is 1. The van der Waals surface area contributed by atoms with E-state index in [1.165, 1.54) is 27.0 Å². The number of phenols is 3. The molecule has 2 aromatic carbocycles. The Morgan fingerprint density at radius 1 is 1.06 bits per heavy atom. The number of benzene rings is 2. The summed E-state index contributed by atoms with van der Waals surface area (Å²) in [5.74, 6) is -5.66. The molecule has 9 nitrogen and oxygen atoms in total. The summed E-state index contributed by atoms with van der Waals surface area (Å²) in [6.45, 7) is 7.08. The number of carbonyl (C=O) groups is 2. The summed E-state index contributed by atoms with van der Waals surface area (Å²) in [5, 5.41) is 41.7. The Labute approximate surface area is 184 Å². The first-order valence-electron chi connectivity index (χ1n) is 9.90. The van der Waals surface area contributed by atoms with Crippen LogP contribution in [0.1, 0.15) is 61.4 Å². The average molecular weight is 446 g/mol. The zero-order valence-corrected chi connectivity index (χ0v) is 18.7. The molecule has 9 heteroatoms. The summed E-state index contributed by atoms with van der Waals surface area (Å²) in [7, 11) is 1.41. The molecule has 0 aromatic heterocycles. The number of hydrogen-bond donors (Lipinski definition) is 4. The average Bonchev–Trinajstić information content (AvgIpc) is 2.74. The quantitative estimate of drug-likeness (QED) is 0.521. The lowest BCUT2D eigenvalue weighted by Gasteiger charge is -2.38. The molecule has 0 aliphatic carbocycles. The third kappa shape index (κ3) is 3.38. The van der Waals surface area contributed by atoms with Crippen molar-refractivity contribution < 1.29 is 44.2 Å². The number of esters is 2. The summed E-state index contributed by atoms with van der Waals surface area (Å²) in [6.07, 6.45) is 0. The first-order valence-corrected chi connectivity index (χ1v) is 9.90. The number of methoxy groups -OCH3 is 1. The smallest absolute Gasteiger partial charge is 0.344 e. The van der Waals surface area contributed by atoms with Crippen molar-refractivity contribution in [1.29, 1.82) is 0 Å². The highest BCUT2D eigenvalue weighted by Gasteiger charge is 2.48. The number of rotatable bonds is 4. The van der Waals surface area contributed by atoms with Gasteiger partial charge in [-0.3, -0.25) is 0 Å². The van der Waals surface area contributed by atoms with E-state index in [4.69, 9.17) is 14.2 Å². The fourth-order valence-electron chi connectivity index (χ4n) is 4.03. The Kier molecular flexibility index (Phi) is 5.73. The van der Waals surface area contributed by atoms with E-state index in [-0.39, 0.29) is 28.2 Å². The van der Waals surface area contributed by atoms with Crippen molar-refractivity contribution >= 4 is 11.9 Å². The largest absolute Gasteiger partial charge is 0.507 e. The minimum Gasteiger partial charge on any atom is -0.507 e. The van der Waals surface area contributed by atoms with Crippen molar-refractivity contribution in [2.24, 2.45) is 0 Å². The molecule has 1 aliphatic heterocycles. The van der Waals surface area contributed by atoms with E-state index in [2.05, 4.69) is 0 Å². The van der Waals surface area contributed by atoms with E-state index in [0.717, 1.165) is 0 Å². The van der Waals surface area contributed by atoms with Crippen LogP contribution in [0.3, 0.4) is 0 Å². The molecule has 1 aliphatic rings. The van der Waals surface area contributed by atoms with Crippen LogP contribution >= 0.6 is 0 Å². The molecule has 172 valence electrons. The van der Waals surface area contributed by atoms with Gasteiger partial charge >= 0.3 is 11.9 Å². The van der Waals surface area contributed by atoms with Crippen molar-refractivity contribution in [2.75, 3.05) is 13.7 Å². The maximum Gasteiger partial charge on any atom is 0.344 e. The summed E-state index contributed by atoms with van der Waals surface area (Å²) in [6, 6.07) is 1.29. The van der Waals surface area contributed by atoms with Gasteiger partial charge in [-0.05, 0) is 49.9 Å². The van der Waals surface area contributed by atoms with Gasteiger partial charge in [0, 0.05) is 11.6 Å². The minimum absolute atomic E-state index is 0.0925. The second-order valence-electron chi connectivity index (χ2n) is 7.99. The number of aromatic hydroxyl groups is 3. The fourth-order valence-corrected chi connectivity index (χ4v) is 4.03. The van der Waals surface area contributed by atoms with Crippen LogP contribution in [0.15, 0.2) is 6.07 Å². The van der Waals surface area contributed by atoms with Crippen molar-refractivity contribution in [2.45, 2.75) is 46.3 Å². The molecule has 0 spiro atoms. The molecule has 3 rings (SSSR count). The molecule has 0 amide bonds. The number of cyclic esters (lactones) is 1. The van der Waals surface area contributed by atoms with E-state index in [0.29, 0.717) is 28.0 Å². The summed E-state index contributed by atoms with van der Waals surface area (Å²) >= 11 is 0. The van der Waals surface area contributed by atoms with E-state index in [1.807, 2.05) is 0 Å². The molecule has 1 heterocycles. The molecule has 2 unspecified atom stereocenters. The molecule has 0 bridgehead atoms. The summed E-state index contributed by atoms with van der Waals surface area (Å²) < 4.78 is 15.6. The van der Waals surface area contributed by atoms with Gasteiger partial charge in [0.25, 0.3) is 5.79 Å². The van der Waals surface area contributed by atoms with Crippen LogP contribution in [0.4, 0.5) is 0 Å². The minimum atomic E-state index is -2.23. The number of fused-ring (bicyclic) bond motifs is 1. The Hall–Kier alpha value is -3.46. The van der Waals surface area contributed by atoms with Gasteiger partial charge in [-0.15, -0.1) is 0 Å². The number of hydrogen-bond acceptors (Lipinski definition) is 9. The molecule has 0 radical (unpaired) electrons. The first-order chi connectivity index (χ1) is 14.9. The van der Waals surface area contributed by atoms with Gasteiger partial charge in [-0.25, -0.2) is 9.59 Å². The van der Waals surface area contributed by atoms with Gasteiger partial charge in [-0.2, -0.15) is 0 Å². The SMILES string of the molecule is COc1cc(O)c2c(c1C)C(C)C(O)(COC(=O)c1c(C)c(C)c(O)c(C)c1O)OC2=O. The normalized spacial score (nSPS) is 19.8. The van der Waals surface area contributed by atoms with Crippen LogP contribution in [-0.2, 0) is 9.47 Å². The lowest BCUT2D eigenvalue weighted by molar-refractivity contribution is -0.206. The van der Waals surface area contributed by atoms with Crippen molar-refractivity contribution in [3.8, 4) is 23.0 Å². The summed E-state index contributed by atoms with van der Waals surface area (Å²) in [4.78, 5) is 25.3. The third-order valence-electron chi connectivity index (χ3n) is 6.22. The fraction of sp³-hybridized carbons (Fsp3) is 0.391. The number of carbonyl (C=O) groups excluding carboxylic acids is 2. The third-order valence-corrected chi connectivity index (χ3v) is 6.22. The van der Waals surface area contributed by atoms with Crippen LogP contribution < -0.4 is 4.74 Å². The lowest BCUT2D eigenvalue weighted by atomic mass is 9.82. The maximum atomic E-state index is 12.8. The van der Waals surface area contributed by atoms with Gasteiger partial charge in [-0.1, -0.05) is 6.92 Å². The lowest BCUT2D eigenvalue weighted by Crippen LogP contribution is -2.48. The monoisotopic (exact) mass is 446 g/mol. The number of phenolic OH excluding ortho intramolecular Hbond substituents is 3. The molecule has 2 atom stereocenters. The van der Waals surface area contributed by atoms with E-state index in [9.17, 15) is 30.0 Å². The van der Waals surface area contributed by atoms with Crippen LogP contribution in [0, 0.1) is 27.7 Å². The predicted molar refractivity (Wildman–Crippen MR) is 112 cm³/mol. The highest BCUT2D eigenvalue weighted by Crippen LogP contribution is 2.45. The Balaban J connectivity index is 1.96. The van der Waals surface area contributed by atoms with Gasteiger partial charge < -0.3 is 34.6 Å². The molecule has 32 heavy (non-hydrogen) atoms. The highest BCUT2D eigenvalue weighted by molar-refractivity contribution is 5.97. The van der Waals surface area contributed by atoms with Crippen LogP contribution in [0.25, 0.3) is 0 Å². The molecule has 2 aromatic rings. The topological polar surface area (TPSA) is 143 Å². The van der Waals surface area contributed by atoms with Crippen molar-refractivity contribution in [3.63, 3.8) is 0 Å².